The fraction of sp³-hybridized carbons (Fsp3) is 0.350. The summed E-state index contributed by atoms with van der Waals surface area (Å²) in [5.74, 6) is 1.55. The fourth-order valence-corrected chi connectivity index (χ4v) is 3.12. The predicted octanol–water partition coefficient (Wildman–Crippen LogP) is 2.73. The van der Waals surface area contributed by atoms with E-state index in [1.807, 2.05) is 36.4 Å². The Kier molecular flexibility index (Phi) is 5.94. The Bertz CT molecular complexity index is 740. The van der Waals surface area contributed by atoms with Crippen molar-refractivity contribution in [1.82, 2.24) is 10.2 Å². The van der Waals surface area contributed by atoms with Gasteiger partial charge in [-0.25, -0.2) is 4.39 Å². The standard InChI is InChI=1S/C20H25FN4O/c1-22-20(23-15-16-7-9-17(26-2)10-8-16)25-13-11-24(12-14-25)19-6-4-3-5-18(19)21/h3-10H,11-15H2,1-2H3,(H,22,23). The number of piperazine rings is 1. The number of anilines is 1. The van der Waals surface area contributed by atoms with Gasteiger partial charge in [-0.2, -0.15) is 0 Å². The Hall–Kier alpha value is -2.76. The summed E-state index contributed by atoms with van der Waals surface area (Å²) in [5, 5.41) is 3.40. The van der Waals surface area contributed by atoms with Gasteiger partial charge in [-0.1, -0.05) is 24.3 Å². The van der Waals surface area contributed by atoms with E-state index in [0.29, 0.717) is 12.2 Å². The highest BCUT2D eigenvalue weighted by molar-refractivity contribution is 5.80. The van der Waals surface area contributed by atoms with Crippen LogP contribution < -0.4 is 15.0 Å². The number of nitrogens with zero attached hydrogens (tertiary/aromatic N) is 3. The normalized spacial score (nSPS) is 15.1. The van der Waals surface area contributed by atoms with Crippen molar-refractivity contribution in [3.05, 3.63) is 59.9 Å². The first-order valence-corrected chi connectivity index (χ1v) is 8.79. The smallest absolute Gasteiger partial charge is 0.194 e. The third-order valence-corrected chi connectivity index (χ3v) is 4.59. The zero-order valence-corrected chi connectivity index (χ0v) is 15.3. The van der Waals surface area contributed by atoms with Crippen molar-refractivity contribution < 1.29 is 9.13 Å². The lowest BCUT2D eigenvalue weighted by Crippen LogP contribution is -2.52. The second-order valence-electron chi connectivity index (χ2n) is 6.17. The molecule has 0 radical (unpaired) electrons. The van der Waals surface area contributed by atoms with E-state index < -0.39 is 0 Å². The van der Waals surface area contributed by atoms with Crippen LogP contribution in [0.3, 0.4) is 0 Å². The van der Waals surface area contributed by atoms with Crippen LogP contribution >= 0.6 is 0 Å². The minimum atomic E-state index is -0.164. The van der Waals surface area contributed by atoms with E-state index in [1.54, 1.807) is 20.2 Å². The maximum absolute atomic E-state index is 14.0. The number of hydrogen-bond donors (Lipinski definition) is 1. The van der Waals surface area contributed by atoms with E-state index in [2.05, 4.69) is 20.1 Å². The number of ether oxygens (including phenoxy) is 1. The zero-order chi connectivity index (χ0) is 18.4. The van der Waals surface area contributed by atoms with Crippen molar-refractivity contribution in [1.29, 1.82) is 0 Å². The van der Waals surface area contributed by atoms with Crippen LogP contribution in [0.25, 0.3) is 0 Å². The molecule has 138 valence electrons. The summed E-state index contributed by atoms with van der Waals surface area (Å²) in [6.45, 7) is 3.84. The van der Waals surface area contributed by atoms with E-state index in [-0.39, 0.29) is 5.82 Å². The molecule has 1 aliphatic heterocycles. The average molecular weight is 356 g/mol. The summed E-state index contributed by atoms with van der Waals surface area (Å²) in [4.78, 5) is 8.69. The quantitative estimate of drug-likeness (QED) is 0.676. The summed E-state index contributed by atoms with van der Waals surface area (Å²) in [6, 6.07) is 14.9. The highest BCUT2D eigenvalue weighted by Gasteiger charge is 2.21. The molecule has 2 aromatic rings. The third kappa shape index (κ3) is 4.25. The summed E-state index contributed by atoms with van der Waals surface area (Å²) >= 11 is 0. The Morgan fingerprint density at radius 1 is 1.08 bits per heavy atom. The minimum Gasteiger partial charge on any atom is -0.497 e. The molecule has 1 N–H and O–H groups in total. The van der Waals surface area contributed by atoms with Crippen molar-refractivity contribution in [2.45, 2.75) is 6.54 Å². The highest BCUT2D eigenvalue weighted by Crippen LogP contribution is 2.20. The van der Waals surface area contributed by atoms with Crippen LogP contribution in [0.4, 0.5) is 10.1 Å². The monoisotopic (exact) mass is 356 g/mol. The number of guanidine groups is 1. The Morgan fingerprint density at radius 2 is 1.77 bits per heavy atom. The molecule has 0 unspecified atom stereocenters. The maximum Gasteiger partial charge on any atom is 0.194 e. The molecule has 3 rings (SSSR count). The molecular weight excluding hydrogens is 331 g/mol. The van der Waals surface area contributed by atoms with Crippen LogP contribution in [-0.2, 0) is 6.54 Å². The van der Waals surface area contributed by atoms with Gasteiger partial charge in [0.25, 0.3) is 0 Å². The Labute approximate surface area is 154 Å². The lowest BCUT2D eigenvalue weighted by Gasteiger charge is -2.37. The number of rotatable bonds is 4. The molecule has 1 fully saturated rings. The largest absolute Gasteiger partial charge is 0.497 e. The van der Waals surface area contributed by atoms with Crippen molar-refractivity contribution >= 4 is 11.6 Å². The Balaban J connectivity index is 1.54. The van der Waals surface area contributed by atoms with Crippen LogP contribution in [0.15, 0.2) is 53.5 Å². The molecule has 2 aromatic carbocycles. The summed E-state index contributed by atoms with van der Waals surface area (Å²) in [6.07, 6.45) is 0. The van der Waals surface area contributed by atoms with Gasteiger partial charge in [0.05, 0.1) is 12.8 Å². The number of methoxy groups -OCH3 is 1. The maximum atomic E-state index is 14.0. The molecule has 1 aliphatic rings. The van der Waals surface area contributed by atoms with E-state index in [9.17, 15) is 4.39 Å². The van der Waals surface area contributed by atoms with E-state index >= 15 is 0 Å². The van der Waals surface area contributed by atoms with Gasteiger partial charge < -0.3 is 19.9 Å². The van der Waals surface area contributed by atoms with E-state index in [0.717, 1.165) is 43.5 Å². The van der Waals surface area contributed by atoms with E-state index in [1.165, 1.54) is 6.07 Å². The van der Waals surface area contributed by atoms with Gasteiger partial charge in [0, 0.05) is 39.8 Å². The van der Waals surface area contributed by atoms with Gasteiger partial charge >= 0.3 is 0 Å². The van der Waals surface area contributed by atoms with Gasteiger partial charge in [-0.05, 0) is 29.8 Å². The van der Waals surface area contributed by atoms with Crippen molar-refractivity contribution in [2.75, 3.05) is 45.2 Å². The van der Waals surface area contributed by atoms with Crippen molar-refractivity contribution in [2.24, 2.45) is 4.99 Å². The number of hydrogen-bond acceptors (Lipinski definition) is 3. The van der Waals surface area contributed by atoms with E-state index in [4.69, 9.17) is 4.74 Å². The number of aliphatic imine (C=N–C) groups is 1. The molecule has 0 bridgehead atoms. The molecule has 26 heavy (non-hydrogen) atoms. The summed E-state index contributed by atoms with van der Waals surface area (Å²) < 4.78 is 19.1. The molecular formula is C20H25FN4O. The van der Waals surface area contributed by atoms with Crippen LogP contribution in [0, 0.1) is 5.82 Å². The van der Waals surface area contributed by atoms with Gasteiger partial charge in [0.1, 0.15) is 11.6 Å². The van der Waals surface area contributed by atoms with Gasteiger partial charge in [0.15, 0.2) is 5.96 Å². The first kappa shape index (κ1) is 18.0. The molecule has 1 saturated heterocycles. The van der Waals surface area contributed by atoms with Crippen LogP contribution in [-0.4, -0.2) is 51.2 Å². The average Bonchev–Trinajstić information content (AvgIpc) is 2.70. The molecule has 0 saturated carbocycles. The topological polar surface area (TPSA) is 40.1 Å². The number of nitrogens with one attached hydrogen (secondary N) is 1. The van der Waals surface area contributed by atoms with Gasteiger partial charge in [-0.3, -0.25) is 4.99 Å². The minimum absolute atomic E-state index is 0.164. The summed E-state index contributed by atoms with van der Waals surface area (Å²) in [7, 11) is 3.45. The molecule has 0 spiro atoms. The van der Waals surface area contributed by atoms with Gasteiger partial charge in [-0.15, -0.1) is 0 Å². The van der Waals surface area contributed by atoms with Crippen LogP contribution in [0.2, 0.25) is 0 Å². The molecule has 0 atom stereocenters. The molecule has 6 heteroatoms. The number of halogens is 1. The lowest BCUT2D eigenvalue weighted by molar-refractivity contribution is 0.370. The summed E-state index contributed by atoms with van der Waals surface area (Å²) in [5.41, 5.74) is 1.84. The van der Waals surface area contributed by atoms with Crippen LogP contribution in [0.5, 0.6) is 5.75 Å². The second-order valence-corrected chi connectivity index (χ2v) is 6.17. The first-order valence-electron chi connectivity index (χ1n) is 8.79. The van der Waals surface area contributed by atoms with Gasteiger partial charge in [0.2, 0.25) is 0 Å². The van der Waals surface area contributed by atoms with Crippen molar-refractivity contribution in [3.8, 4) is 5.75 Å². The first-order chi connectivity index (χ1) is 12.7. The fourth-order valence-electron chi connectivity index (χ4n) is 3.12. The molecule has 5 nitrogen and oxygen atoms in total. The lowest BCUT2D eigenvalue weighted by atomic mass is 10.2. The Morgan fingerprint density at radius 3 is 2.38 bits per heavy atom. The molecule has 0 aliphatic carbocycles. The predicted molar refractivity (Wildman–Crippen MR) is 103 cm³/mol. The number of para-hydroxylation sites is 1. The zero-order valence-electron chi connectivity index (χ0n) is 15.3. The molecule has 0 aromatic heterocycles. The second kappa shape index (κ2) is 8.56. The third-order valence-electron chi connectivity index (χ3n) is 4.59. The molecule has 0 amide bonds. The highest BCUT2D eigenvalue weighted by atomic mass is 19.1. The molecule has 1 heterocycles. The van der Waals surface area contributed by atoms with Crippen molar-refractivity contribution in [3.63, 3.8) is 0 Å². The SMILES string of the molecule is CN=C(NCc1ccc(OC)cc1)N1CCN(c2ccccc2F)CC1. The van der Waals surface area contributed by atoms with Crippen LogP contribution in [0.1, 0.15) is 5.56 Å². The number of benzene rings is 2.